The Balaban J connectivity index is 1.98. The van der Waals surface area contributed by atoms with Gasteiger partial charge in [0.25, 0.3) is 5.91 Å². The van der Waals surface area contributed by atoms with Crippen molar-refractivity contribution in [1.29, 1.82) is 0 Å². The lowest BCUT2D eigenvalue weighted by molar-refractivity contribution is 0.0773. The lowest BCUT2D eigenvalue weighted by atomic mass is 10.1. The van der Waals surface area contributed by atoms with Gasteiger partial charge in [-0.15, -0.1) is 5.10 Å². The first-order valence-electron chi connectivity index (χ1n) is 8.06. The van der Waals surface area contributed by atoms with Gasteiger partial charge in [0.15, 0.2) is 0 Å². The summed E-state index contributed by atoms with van der Waals surface area (Å²) in [5.74, 6) is 0.568. The van der Waals surface area contributed by atoms with E-state index in [2.05, 4.69) is 25.8 Å². The van der Waals surface area contributed by atoms with Crippen molar-refractivity contribution >= 4 is 23.6 Å². The van der Waals surface area contributed by atoms with E-state index >= 15 is 0 Å². The Kier molecular flexibility index (Phi) is 5.93. The van der Waals surface area contributed by atoms with E-state index in [-0.39, 0.29) is 24.4 Å². The van der Waals surface area contributed by atoms with Gasteiger partial charge in [-0.1, -0.05) is 0 Å². The molecule has 0 radical (unpaired) electrons. The number of nitrogen functional groups attached to an aromatic ring is 1. The van der Waals surface area contributed by atoms with Crippen LogP contribution < -0.4 is 16.4 Å². The highest BCUT2D eigenvalue weighted by Gasteiger charge is 2.14. The maximum atomic E-state index is 12.4. The molecule has 0 unspecified atom stereocenters. The summed E-state index contributed by atoms with van der Waals surface area (Å²) in [6, 6.07) is 4.81. The van der Waals surface area contributed by atoms with Gasteiger partial charge in [-0.3, -0.25) is 9.89 Å². The minimum Gasteiger partial charge on any atom is -0.367 e. The number of hydrogen-bond donors (Lipinski definition) is 4. The Bertz CT molecular complexity index is 753. The molecule has 2 rings (SSSR count). The number of benzene rings is 1. The smallest absolute Gasteiger partial charge is 0.319 e. The molecule has 1 heterocycles. The fourth-order valence-electron chi connectivity index (χ4n) is 2.35. The largest absolute Gasteiger partial charge is 0.367 e. The molecule has 0 spiro atoms. The number of amides is 3. The zero-order chi connectivity index (χ0) is 18.4. The number of hydrogen-bond acceptors (Lipinski definition) is 5. The predicted molar refractivity (Wildman–Crippen MR) is 95.1 cm³/mol. The number of aromatic nitrogens is 3. The van der Waals surface area contributed by atoms with Crippen molar-refractivity contribution in [3.05, 3.63) is 35.2 Å². The third-order valence-corrected chi connectivity index (χ3v) is 3.74. The molecular weight excluding hydrogens is 322 g/mol. The van der Waals surface area contributed by atoms with Crippen molar-refractivity contribution in [3.8, 4) is 0 Å². The lowest BCUT2D eigenvalue weighted by Gasteiger charge is -2.19. The third-order valence-electron chi connectivity index (χ3n) is 3.74. The molecular formula is C16H23N7O2. The van der Waals surface area contributed by atoms with Crippen molar-refractivity contribution in [2.45, 2.75) is 27.3 Å². The molecule has 1 aromatic heterocycles. The molecule has 134 valence electrons. The second-order valence-electron chi connectivity index (χ2n) is 5.46. The summed E-state index contributed by atoms with van der Waals surface area (Å²) in [4.78, 5) is 30.0. The van der Waals surface area contributed by atoms with Gasteiger partial charge in [-0.25, -0.2) is 4.79 Å². The van der Waals surface area contributed by atoms with Crippen molar-refractivity contribution in [3.63, 3.8) is 0 Å². The van der Waals surface area contributed by atoms with Crippen LogP contribution in [0.15, 0.2) is 18.2 Å². The van der Waals surface area contributed by atoms with Gasteiger partial charge < -0.3 is 21.3 Å². The minimum atomic E-state index is -0.388. The lowest BCUT2D eigenvalue weighted by Crippen LogP contribution is -2.31. The van der Waals surface area contributed by atoms with E-state index in [1.54, 1.807) is 23.1 Å². The average Bonchev–Trinajstić information content (AvgIpc) is 3.01. The Labute approximate surface area is 146 Å². The van der Waals surface area contributed by atoms with Crippen LogP contribution in [0, 0.1) is 6.92 Å². The van der Waals surface area contributed by atoms with Gasteiger partial charge in [0.2, 0.25) is 5.95 Å². The summed E-state index contributed by atoms with van der Waals surface area (Å²) in [5.41, 5.74) is 7.43. The van der Waals surface area contributed by atoms with Crippen LogP contribution in [0.3, 0.4) is 0 Å². The number of nitrogens with zero attached hydrogens (tertiary/aromatic N) is 3. The summed E-state index contributed by atoms with van der Waals surface area (Å²) in [6.45, 7) is 7.21. The normalized spacial score (nSPS) is 10.4. The number of rotatable bonds is 6. The molecule has 0 aliphatic carbocycles. The summed E-state index contributed by atoms with van der Waals surface area (Å²) in [5, 5.41) is 11.7. The van der Waals surface area contributed by atoms with E-state index in [1.165, 1.54) is 0 Å². The molecule has 0 fully saturated rings. The number of nitrogens with two attached hydrogens (primary N) is 1. The van der Waals surface area contributed by atoms with E-state index in [1.807, 2.05) is 20.8 Å². The summed E-state index contributed by atoms with van der Waals surface area (Å²) in [7, 11) is 0. The van der Waals surface area contributed by atoms with Crippen LogP contribution in [0.25, 0.3) is 0 Å². The van der Waals surface area contributed by atoms with E-state index < -0.39 is 0 Å². The summed E-state index contributed by atoms with van der Waals surface area (Å²) < 4.78 is 0. The zero-order valence-electron chi connectivity index (χ0n) is 14.6. The van der Waals surface area contributed by atoms with Gasteiger partial charge >= 0.3 is 6.03 Å². The Hall–Kier alpha value is -3.10. The van der Waals surface area contributed by atoms with E-state index in [0.29, 0.717) is 30.2 Å². The fraction of sp³-hybridized carbons (Fsp3) is 0.375. The molecule has 0 bridgehead atoms. The van der Waals surface area contributed by atoms with Crippen molar-refractivity contribution < 1.29 is 9.59 Å². The Morgan fingerprint density at radius 3 is 2.56 bits per heavy atom. The van der Waals surface area contributed by atoms with Gasteiger partial charge in [0.05, 0.1) is 6.54 Å². The van der Waals surface area contributed by atoms with Crippen LogP contribution in [-0.4, -0.2) is 45.1 Å². The number of nitrogens with one attached hydrogen (secondary N) is 3. The van der Waals surface area contributed by atoms with Crippen LogP contribution in [0.1, 0.15) is 35.6 Å². The van der Waals surface area contributed by atoms with E-state index in [0.717, 1.165) is 5.56 Å². The maximum Gasteiger partial charge on any atom is 0.319 e. The fourth-order valence-corrected chi connectivity index (χ4v) is 2.35. The molecule has 0 aliphatic heterocycles. The number of carbonyl (C=O) groups excluding carboxylic acids is 2. The summed E-state index contributed by atoms with van der Waals surface area (Å²) >= 11 is 0. The molecule has 0 atom stereocenters. The number of urea groups is 1. The zero-order valence-corrected chi connectivity index (χ0v) is 14.6. The van der Waals surface area contributed by atoms with Crippen LogP contribution >= 0.6 is 0 Å². The Morgan fingerprint density at radius 1 is 1.28 bits per heavy atom. The standard InChI is InChI=1S/C16H23N7O2/c1-4-23(5-2)14(24)11-6-7-12(10(3)8-11)19-16(25)18-9-13-20-15(17)22-21-13/h6-8H,4-5,9H2,1-3H3,(H2,18,19,25)(H3,17,20,21,22). The molecule has 5 N–H and O–H groups in total. The number of anilines is 2. The molecule has 0 aliphatic rings. The van der Waals surface area contributed by atoms with Crippen LogP contribution in [-0.2, 0) is 6.54 Å². The van der Waals surface area contributed by atoms with Gasteiger partial charge in [-0.2, -0.15) is 4.98 Å². The highest BCUT2D eigenvalue weighted by molar-refractivity contribution is 5.96. The van der Waals surface area contributed by atoms with Gasteiger partial charge in [-0.05, 0) is 44.5 Å². The molecule has 0 saturated carbocycles. The molecule has 1 aromatic carbocycles. The second kappa shape index (κ2) is 8.13. The molecule has 0 saturated heterocycles. The van der Waals surface area contributed by atoms with E-state index in [4.69, 9.17) is 5.73 Å². The molecule has 25 heavy (non-hydrogen) atoms. The van der Waals surface area contributed by atoms with Crippen LogP contribution in [0.5, 0.6) is 0 Å². The van der Waals surface area contributed by atoms with Gasteiger partial charge in [0, 0.05) is 24.3 Å². The first kappa shape index (κ1) is 18.2. The first-order chi connectivity index (χ1) is 11.9. The number of aryl methyl sites for hydroxylation is 1. The monoisotopic (exact) mass is 345 g/mol. The van der Waals surface area contributed by atoms with Crippen LogP contribution in [0.2, 0.25) is 0 Å². The molecule has 3 amide bonds. The van der Waals surface area contributed by atoms with Gasteiger partial charge in [0.1, 0.15) is 5.82 Å². The highest BCUT2D eigenvalue weighted by atomic mass is 16.2. The van der Waals surface area contributed by atoms with Crippen molar-refractivity contribution in [2.24, 2.45) is 0 Å². The first-order valence-corrected chi connectivity index (χ1v) is 8.06. The highest BCUT2D eigenvalue weighted by Crippen LogP contribution is 2.17. The molecule has 9 nitrogen and oxygen atoms in total. The number of aromatic amines is 1. The van der Waals surface area contributed by atoms with Crippen molar-refractivity contribution in [1.82, 2.24) is 25.4 Å². The second-order valence-corrected chi connectivity index (χ2v) is 5.46. The molecule has 2 aromatic rings. The van der Waals surface area contributed by atoms with Crippen molar-refractivity contribution in [2.75, 3.05) is 24.1 Å². The molecule has 9 heteroatoms. The maximum absolute atomic E-state index is 12.4. The summed E-state index contributed by atoms with van der Waals surface area (Å²) in [6.07, 6.45) is 0. The predicted octanol–water partition coefficient (Wildman–Crippen LogP) is 1.50. The number of carbonyl (C=O) groups is 2. The average molecular weight is 345 g/mol. The third kappa shape index (κ3) is 4.69. The quantitative estimate of drug-likeness (QED) is 0.630. The van der Waals surface area contributed by atoms with E-state index in [9.17, 15) is 9.59 Å². The number of H-pyrrole nitrogens is 1. The topological polar surface area (TPSA) is 129 Å². The SMILES string of the molecule is CCN(CC)C(=O)c1ccc(NC(=O)NCc2nc(N)n[nH]2)c(C)c1. The van der Waals surface area contributed by atoms with Crippen LogP contribution in [0.4, 0.5) is 16.4 Å². The Morgan fingerprint density at radius 2 is 2.00 bits per heavy atom. The minimum absolute atomic E-state index is 0.0213.